The van der Waals surface area contributed by atoms with Gasteiger partial charge in [0.1, 0.15) is 18.0 Å². The lowest BCUT2D eigenvalue weighted by Crippen LogP contribution is -2.12. The number of hydrogen-bond acceptors (Lipinski definition) is 1. The van der Waals surface area contributed by atoms with Gasteiger partial charge in [-0.25, -0.2) is 4.39 Å². The summed E-state index contributed by atoms with van der Waals surface area (Å²) < 4.78 is 18.5. The van der Waals surface area contributed by atoms with Crippen molar-refractivity contribution in [3.05, 3.63) is 37.1 Å². The van der Waals surface area contributed by atoms with Crippen LogP contribution >= 0.6 is 0 Å². The van der Waals surface area contributed by atoms with Crippen molar-refractivity contribution in [2.45, 2.75) is 38.0 Å². The summed E-state index contributed by atoms with van der Waals surface area (Å²) in [5, 5.41) is 0. The maximum Gasteiger partial charge on any atom is 0.118 e. The Bertz CT molecular complexity index is 232. The molecule has 0 aromatic heterocycles. The van der Waals surface area contributed by atoms with Crippen LogP contribution in [0.1, 0.15) is 25.7 Å². The third-order valence-corrected chi connectivity index (χ3v) is 2.28. The first kappa shape index (κ1) is 11.0. The molecular weight excluding hydrogens is 179 g/mol. The van der Waals surface area contributed by atoms with Crippen LogP contribution in [0.3, 0.4) is 0 Å². The quantitative estimate of drug-likeness (QED) is 0.381. The van der Waals surface area contributed by atoms with Crippen molar-refractivity contribution in [2.75, 3.05) is 0 Å². The largest absolute Gasteiger partial charge is 0.487 e. The fraction of sp³-hybridized carbons (Fsp3) is 0.500. The molecule has 0 radical (unpaired) electrons. The highest BCUT2D eigenvalue weighted by molar-refractivity contribution is 5.05. The molecule has 0 heterocycles. The van der Waals surface area contributed by atoms with Gasteiger partial charge in [-0.15, -0.1) is 0 Å². The number of allylic oxidation sites excluding steroid dienone is 2. The van der Waals surface area contributed by atoms with E-state index in [1.165, 1.54) is 0 Å². The molecule has 0 bridgehead atoms. The van der Waals surface area contributed by atoms with E-state index in [0.29, 0.717) is 12.2 Å². The average Bonchev–Trinajstić information content (AvgIpc) is 2.16. The van der Waals surface area contributed by atoms with Crippen LogP contribution < -0.4 is 0 Å². The SMILES string of the molecule is C=CC(=C)OC1/C=C\C(F)CCCC1. The zero-order chi connectivity index (χ0) is 10.4. The minimum absolute atomic E-state index is 0.0425. The highest BCUT2D eigenvalue weighted by Gasteiger charge is 2.11. The molecule has 1 aliphatic rings. The summed E-state index contributed by atoms with van der Waals surface area (Å²) >= 11 is 0. The summed E-state index contributed by atoms with van der Waals surface area (Å²) in [4.78, 5) is 0. The van der Waals surface area contributed by atoms with E-state index in [0.717, 1.165) is 19.3 Å². The molecule has 0 aromatic rings. The molecule has 0 amide bonds. The maximum atomic E-state index is 13.0. The van der Waals surface area contributed by atoms with Crippen molar-refractivity contribution in [2.24, 2.45) is 0 Å². The van der Waals surface area contributed by atoms with Gasteiger partial charge in [0.25, 0.3) is 0 Å². The Morgan fingerprint density at radius 1 is 1.36 bits per heavy atom. The first-order chi connectivity index (χ1) is 6.72. The molecule has 2 heteroatoms. The van der Waals surface area contributed by atoms with Crippen molar-refractivity contribution in [3.63, 3.8) is 0 Å². The van der Waals surface area contributed by atoms with E-state index in [-0.39, 0.29) is 6.10 Å². The van der Waals surface area contributed by atoms with Crippen molar-refractivity contribution >= 4 is 0 Å². The minimum Gasteiger partial charge on any atom is -0.487 e. The molecule has 2 unspecified atom stereocenters. The van der Waals surface area contributed by atoms with Crippen molar-refractivity contribution < 1.29 is 9.13 Å². The molecule has 0 aliphatic heterocycles. The second kappa shape index (κ2) is 5.63. The van der Waals surface area contributed by atoms with Gasteiger partial charge in [0.05, 0.1) is 0 Å². The smallest absolute Gasteiger partial charge is 0.118 e. The summed E-state index contributed by atoms with van der Waals surface area (Å²) in [6.07, 6.45) is 7.56. The van der Waals surface area contributed by atoms with E-state index in [1.807, 2.05) is 0 Å². The second-order valence-electron chi connectivity index (χ2n) is 3.51. The minimum atomic E-state index is -0.821. The Morgan fingerprint density at radius 3 is 2.79 bits per heavy atom. The lowest BCUT2D eigenvalue weighted by atomic mass is 10.0. The number of halogens is 1. The molecule has 0 aromatic carbocycles. The number of hydrogen-bond donors (Lipinski definition) is 0. The first-order valence-corrected chi connectivity index (χ1v) is 5.03. The zero-order valence-corrected chi connectivity index (χ0v) is 8.42. The average molecular weight is 196 g/mol. The molecule has 0 fully saturated rings. The predicted molar refractivity (Wildman–Crippen MR) is 56.7 cm³/mol. The van der Waals surface area contributed by atoms with Gasteiger partial charge >= 0.3 is 0 Å². The van der Waals surface area contributed by atoms with Crippen molar-refractivity contribution in [1.29, 1.82) is 0 Å². The molecule has 0 spiro atoms. The van der Waals surface area contributed by atoms with Gasteiger partial charge in [-0.05, 0) is 31.4 Å². The fourth-order valence-corrected chi connectivity index (χ4v) is 1.46. The molecule has 1 aliphatic carbocycles. The van der Waals surface area contributed by atoms with E-state index in [4.69, 9.17) is 4.74 Å². The lowest BCUT2D eigenvalue weighted by molar-refractivity contribution is 0.150. The summed E-state index contributed by atoms with van der Waals surface area (Å²) in [7, 11) is 0. The van der Waals surface area contributed by atoms with Crippen LogP contribution in [0.4, 0.5) is 4.39 Å². The van der Waals surface area contributed by atoms with Gasteiger partial charge in [-0.1, -0.05) is 25.7 Å². The molecule has 2 atom stereocenters. The van der Waals surface area contributed by atoms with Crippen LogP contribution in [-0.4, -0.2) is 12.3 Å². The number of rotatable bonds is 3. The fourth-order valence-electron chi connectivity index (χ4n) is 1.46. The van der Waals surface area contributed by atoms with Crippen LogP contribution in [0.25, 0.3) is 0 Å². The summed E-state index contributed by atoms with van der Waals surface area (Å²) in [6.45, 7) is 7.23. The molecule has 1 rings (SSSR count). The summed E-state index contributed by atoms with van der Waals surface area (Å²) in [5.74, 6) is 0.552. The van der Waals surface area contributed by atoms with Gasteiger partial charge < -0.3 is 4.74 Å². The summed E-state index contributed by atoms with van der Waals surface area (Å²) in [5.41, 5.74) is 0. The predicted octanol–water partition coefficient (Wildman–Crippen LogP) is 3.54. The molecule has 0 saturated carbocycles. The third-order valence-electron chi connectivity index (χ3n) is 2.28. The monoisotopic (exact) mass is 196 g/mol. The Labute approximate surface area is 85.0 Å². The van der Waals surface area contributed by atoms with Crippen LogP contribution in [0, 0.1) is 0 Å². The van der Waals surface area contributed by atoms with Crippen LogP contribution in [0.2, 0.25) is 0 Å². The van der Waals surface area contributed by atoms with Gasteiger partial charge in [-0.3, -0.25) is 0 Å². The van der Waals surface area contributed by atoms with Crippen LogP contribution in [0.15, 0.2) is 37.1 Å². The lowest BCUT2D eigenvalue weighted by Gasteiger charge is -2.18. The Kier molecular flexibility index (Phi) is 4.44. The maximum absolute atomic E-state index is 13.0. The van der Waals surface area contributed by atoms with Gasteiger partial charge in [0.15, 0.2) is 0 Å². The second-order valence-corrected chi connectivity index (χ2v) is 3.51. The van der Waals surface area contributed by atoms with Crippen LogP contribution in [-0.2, 0) is 4.74 Å². The standard InChI is InChI=1S/C12H17FO/c1-3-10(2)14-12-7-5-4-6-11(13)8-9-12/h3,8-9,11-12H,1-2,4-7H2/b9-8-. The van der Waals surface area contributed by atoms with E-state index < -0.39 is 6.17 Å². The zero-order valence-electron chi connectivity index (χ0n) is 8.42. The highest BCUT2D eigenvalue weighted by atomic mass is 19.1. The van der Waals surface area contributed by atoms with E-state index in [1.54, 1.807) is 18.2 Å². The molecule has 0 N–H and O–H groups in total. The topological polar surface area (TPSA) is 9.23 Å². The third kappa shape index (κ3) is 3.77. The Hall–Kier alpha value is -1.05. The van der Waals surface area contributed by atoms with Gasteiger partial charge in [0, 0.05) is 0 Å². The Morgan fingerprint density at radius 2 is 2.07 bits per heavy atom. The molecule has 78 valence electrons. The molecule has 1 nitrogen and oxygen atoms in total. The number of ether oxygens (including phenoxy) is 1. The van der Waals surface area contributed by atoms with E-state index in [9.17, 15) is 4.39 Å². The van der Waals surface area contributed by atoms with Gasteiger partial charge in [0.2, 0.25) is 0 Å². The van der Waals surface area contributed by atoms with E-state index in [2.05, 4.69) is 13.2 Å². The van der Waals surface area contributed by atoms with Crippen molar-refractivity contribution in [1.82, 2.24) is 0 Å². The highest BCUT2D eigenvalue weighted by Crippen LogP contribution is 2.18. The Balaban J connectivity index is 2.49. The first-order valence-electron chi connectivity index (χ1n) is 5.03. The van der Waals surface area contributed by atoms with Crippen molar-refractivity contribution in [3.8, 4) is 0 Å². The molecule has 0 saturated heterocycles. The molecule has 14 heavy (non-hydrogen) atoms. The van der Waals surface area contributed by atoms with E-state index >= 15 is 0 Å². The molecular formula is C12H17FO. The summed E-state index contributed by atoms with van der Waals surface area (Å²) in [6, 6.07) is 0. The number of alkyl halides is 1. The van der Waals surface area contributed by atoms with Crippen LogP contribution in [0.5, 0.6) is 0 Å². The normalized spacial score (nSPS) is 29.8. The van der Waals surface area contributed by atoms with Gasteiger partial charge in [-0.2, -0.15) is 0 Å².